The monoisotopic (exact) mass is 186 g/mol. The Hall–Kier alpha value is -0.120. The number of hydrogen-bond donors (Lipinski definition) is 2. The predicted octanol–water partition coefficient (Wildman–Crippen LogP) is 0.443. The first kappa shape index (κ1) is 11.0. The van der Waals surface area contributed by atoms with Crippen molar-refractivity contribution in [3.63, 3.8) is 0 Å². The Labute approximate surface area is 81.1 Å². The second kappa shape index (κ2) is 6.35. The van der Waals surface area contributed by atoms with E-state index in [1.165, 1.54) is 32.4 Å². The average molecular weight is 186 g/mol. The van der Waals surface area contributed by atoms with Crippen molar-refractivity contribution in [2.45, 2.75) is 32.2 Å². The normalized spacial score (nSPS) is 25.8. The highest BCUT2D eigenvalue weighted by atomic mass is 16.3. The van der Waals surface area contributed by atoms with Gasteiger partial charge in [0.1, 0.15) is 0 Å². The van der Waals surface area contributed by atoms with Gasteiger partial charge in [0, 0.05) is 12.6 Å². The van der Waals surface area contributed by atoms with Crippen molar-refractivity contribution in [3.8, 4) is 0 Å². The maximum atomic E-state index is 9.07. The molecule has 2 N–H and O–H groups in total. The van der Waals surface area contributed by atoms with Crippen molar-refractivity contribution < 1.29 is 5.11 Å². The van der Waals surface area contributed by atoms with Crippen LogP contribution in [0.1, 0.15) is 26.2 Å². The molecule has 78 valence electrons. The molecule has 0 saturated carbocycles. The van der Waals surface area contributed by atoms with E-state index in [9.17, 15) is 0 Å². The largest absolute Gasteiger partial charge is 0.395 e. The lowest BCUT2D eigenvalue weighted by molar-refractivity contribution is 0.199. The van der Waals surface area contributed by atoms with Gasteiger partial charge in [0.15, 0.2) is 0 Å². The van der Waals surface area contributed by atoms with E-state index in [1.807, 2.05) is 0 Å². The lowest BCUT2D eigenvalue weighted by atomic mass is 10.2. The molecule has 0 aliphatic carbocycles. The molecule has 0 aromatic carbocycles. The number of unbranched alkanes of at least 4 members (excludes halogenated alkanes) is 1. The molecule has 3 heteroatoms. The molecule has 0 bridgehead atoms. The van der Waals surface area contributed by atoms with E-state index in [1.54, 1.807) is 0 Å². The highest BCUT2D eigenvalue weighted by Gasteiger charge is 2.15. The van der Waals surface area contributed by atoms with Gasteiger partial charge in [-0.1, -0.05) is 13.3 Å². The molecular weight excluding hydrogens is 164 g/mol. The quantitative estimate of drug-likeness (QED) is 0.669. The molecular formula is C10H22N2O. The summed E-state index contributed by atoms with van der Waals surface area (Å²) in [5.41, 5.74) is 0. The highest BCUT2D eigenvalue weighted by Crippen LogP contribution is 2.02. The molecule has 1 saturated heterocycles. The average Bonchev–Trinajstić information content (AvgIpc) is 2.39. The van der Waals surface area contributed by atoms with E-state index in [4.69, 9.17) is 5.11 Å². The molecule has 0 aromatic rings. The van der Waals surface area contributed by atoms with E-state index >= 15 is 0 Å². The Balaban J connectivity index is 2.26. The van der Waals surface area contributed by atoms with Gasteiger partial charge in [0.05, 0.1) is 6.61 Å². The minimum atomic E-state index is 0.266. The second-order valence-electron chi connectivity index (χ2n) is 3.84. The Morgan fingerprint density at radius 1 is 1.54 bits per heavy atom. The first-order chi connectivity index (χ1) is 6.36. The summed E-state index contributed by atoms with van der Waals surface area (Å²) in [5, 5.41) is 12.4. The molecule has 1 atom stereocenters. The van der Waals surface area contributed by atoms with Crippen LogP contribution in [-0.4, -0.2) is 48.8 Å². The standard InChI is InChI=1S/C10H22N2O/c1-2-3-6-12-7-4-5-11-10(8-12)9-13/h10-11,13H,2-9H2,1H3. The maximum absolute atomic E-state index is 9.07. The molecule has 1 rings (SSSR count). The van der Waals surface area contributed by atoms with Gasteiger partial charge in [-0.2, -0.15) is 0 Å². The van der Waals surface area contributed by atoms with Crippen LogP contribution < -0.4 is 5.32 Å². The van der Waals surface area contributed by atoms with E-state index < -0.39 is 0 Å². The second-order valence-corrected chi connectivity index (χ2v) is 3.84. The molecule has 0 spiro atoms. The SMILES string of the molecule is CCCCN1CCCNC(CO)C1. The van der Waals surface area contributed by atoms with E-state index in [0.29, 0.717) is 6.04 Å². The number of hydrogen-bond acceptors (Lipinski definition) is 3. The van der Waals surface area contributed by atoms with Crippen molar-refractivity contribution in [3.05, 3.63) is 0 Å². The summed E-state index contributed by atoms with van der Waals surface area (Å²) in [7, 11) is 0. The van der Waals surface area contributed by atoms with Crippen LogP contribution in [0.25, 0.3) is 0 Å². The van der Waals surface area contributed by atoms with Crippen LogP contribution >= 0.6 is 0 Å². The van der Waals surface area contributed by atoms with E-state index in [-0.39, 0.29) is 6.61 Å². The van der Waals surface area contributed by atoms with Crippen molar-refractivity contribution in [1.29, 1.82) is 0 Å². The Morgan fingerprint density at radius 2 is 2.38 bits per heavy atom. The van der Waals surface area contributed by atoms with Crippen molar-refractivity contribution in [2.24, 2.45) is 0 Å². The molecule has 0 radical (unpaired) electrons. The van der Waals surface area contributed by atoms with Gasteiger partial charge in [0.25, 0.3) is 0 Å². The third-order valence-electron chi connectivity index (χ3n) is 2.61. The van der Waals surface area contributed by atoms with Crippen LogP contribution in [0.5, 0.6) is 0 Å². The highest BCUT2D eigenvalue weighted by molar-refractivity contribution is 4.75. The molecule has 1 heterocycles. The first-order valence-electron chi connectivity index (χ1n) is 5.43. The molecule has 1 aliphatic heterocycles. The number of aliphatic hydroxyl groups is 1. The van der Waals surface area contributed by atoms with E-state index in [0.717, 1.165) is 13.1 Å². The fourth-order valence-electron chi connectivity index (χ4n) is 1.78. The van der Waals surface area contributed by atoms with Crippen LogP contribution in [0.4, 0.5) is 0 Å². The topological polar surface area (TPSA) is 35.5 Å². The summed E-state index contributed by atoms with van der Waals surface area (Å²) in [6, 6.07) is 0.291. The zero-order valence-electron chi connectivity index (χ0n) is 8.63. The fourth-order valence-corrected chi connectivity index (χ4v) is 1.78. The third-order valence-corrected chi connectivity index (χ3v) is 2.61. The van der Waals surface area contributed by atoms with Gasteiger partial charge in [0.2, 0.25) is 0 Å². The predicted molar refractivity (Wildman–Crippen MR) is 54.8 cm³/mol. The number of nitrogens with one attached hydrogen (secondary N) is 1. The molecule has 0 amide bonds. The Kier molecular flexibility index (Phi) is 5.35. The van der Waals surface area contributed by atoms with Crippen LogP contribution in [0.15, 0.2) is 0 Å². The summed E-state index contributed by atoms with van der Waals surface area (Å²) >= 11 is 0. The molecule has 0 aromatic heterocycles. The van der Waals surface area contributed by atoms with Crippen LogP contribution in [-0.2, 0) is 0 Å². The van der Waals surface area contributed by atoms with Gasteiger partial charge in [-0.3, -0.25) is 0 Å². The first-order valence-corrected chi connectivity index (χ1v) is 5.43. The van der Waals surface area contributed by atoms with Gasteiger partial charge < -0.3 is 15.3 Å². The van der Waals surface area contributed by atoms with Gasteiger partial charge in [-0.05, 0) is 32.5 Å². The van der Waals surface area contributed by atoms with E-state index in [2.05, 4.69) is 17.1 Å². The van der Waals surface area contributed by atoms with Crippen molar-refractivity contribution >= 4 is 0 Å². The maximum Gasteiger partial charge on any atom is 0.0597 e. The van der Waals surface area contributed by atoms with Crippen LogP contribution in [0, 0.1) is 0 Å². The Bertz CT molecular complexity index is 130. The molecule has 13 heavy (non-hydrogen) atoms. The minimum absolute atomic E-state index is 0.266. The fraction of sp³-hybridized carbons (Fsp3) is 1.00. The molecule has 1 unspecified atom stereocenters. The van der Waals surface area contributed by atoms with Crippen LogP contribution in [0.2, 0.25) is 0 Å². The van der Waals surface area contributed by atoms with Crippen LogP contribution in [0.3, 0.4) is 0 Å². The molecule has 3 nitrogen and oxygen atoms in total. The smallest absolute Gasteiger partial charge is 0.0597 e. The number of rotatable bonds is 4. The molecule has 1 fully saturated rings. The Morgan fingerprint density at radius 3 is 3.08 bits per heavy atom. The van der Waals surface area contributed by atoms with Gasteiger partial charge in [-0.15, -0.1) is 0 Å². The summed E-state index contributed by atoms with van der Waals surface area (Å²) in [5.74, 6) is 0. The van der Waals surface area contributed by atoms with Crippen molar-refractivity contribution in [1.82, 2.24) is 10.2 Å². The summed E-state index contributed by atoms with van der Waals surface area (Å²) < 4.78 is 0. The lowest BCUT2D eigenvalue weighted by Crippen LogP contribution is -2.40. The minimum Gasteiger partial charge on any atom is -0.395 e. The van der Waals surface area contributed by atoms with Gasteiger partial charge >= 0.3 is 0 Å². The zero-order valence-corrected chi connectivity index (χ0v) is 8.63. The summed E-state index contributed by atoms with van der Waals surface area (Å²) in [6.07, 6.45) is 3.74. The lowest BCUT2D eigenvalue weighted by Gasteiger charge is -2.22. The van der Waals surface area contributed by atoms with Gasteiger partial charge in [-0.25, -0.2) is 0 Å². The summed E-state index contributed by atoms with van der Waals surface area (Å²) in [4.78, 5) is 2.46. The van der Waals surface area contributed by atoms with Crippen molar-refractivity contribution in [2.75, 3.05) is 32.8 Å². The third kappa shape index (κ3) is 4.07. The number of nitrogens with zero attached hydrogens (tertiary/aromatic N) is 1. The summed E-state index contributed by atoms with van der Waals surface area (Å²) in [6.45, 7) is 6.92. The molecule has 1 aliphatic rings. The number of aliphatic hydroxyl groups excluding tert-OH is 1. The zero-order chi connectivity index (χ0) is 9.52.